The third-order valence-electron chi connectivity index (χ3n) is 15.8. The standard InChI is InChI=1S/C26H20F4N8O2.C24H16ClF4N7O.C18H12F4N8O.C5H4ClFN2/c1-14(39)33-21-10-19(17(27)11-31-21)35-24-22-25(38(13-32-22)12-15-6-8-16(40-2)9-7-15)37-23(36-24)18-4-3-5-20(34-18)26(28,29)30;1-37-14-7-5-13(6-8-14)11-36-12-31-20-22(33-17-9-19(25)30-10-15(17)26)34-21(35-23(20)36)16-3-2-4-18(32-16)24(27,28)29;1-8(31)26-13-5-11(9(19)6-23-13)28-17-14-16(25-7-24-14)29-15(30-17)10-3-2-4-12(27-10)18(20,21)22;6-5-1-4(8)3(7)2-9-5/h3-11,13H,12H2,1-2H3,(H2,31,33,35,36,37,39);2-10,12H,11H2,1H3,(H,30,33,34,35);2-7H,1H3,(H3,23,24,25,26,28,29,30,31);1-2H,(H2,8,9). The maximum atomic E-state index is 14.7. The summed E-state index contributed by atoms with van der Waals surface area (Å²) in [6.07, 6.45) is -5.97. The van der Waals surface area contributed by atoms with Crippen LogP contribution >= 0.6 is 23.2 Å². The summed E-state index contributed by atoms with van der Waals surface area (Å²) >= 11 is 11.3. The van der Waals surface area contributed by atoms with E-state index in [0.29, 0.717) is 30.2 Å². The molecule has 0 unspecified atom stereocenters. The van der Waals surface area contributed by atoms with Gasteiger partial charge in [0.1, 0.15) is 73.1 Å². The van der Waals surface area contributed by atoms with Crippen molar-refractivity contribution in [3.63, 3.8) is 0 Å². The van der Waals surface area contributed by atoms with Gasteiger partial charge < -0.3 is 55.9 Å². The minimum atomic E-state index is -4.68. The van der Waals surface area contributed by atoms with E-state index >= 15 is 0 Å². The molecule has 117 heavy (non-hydrogen) atoms. The molecule has 2 amide bonds. The normalized spacial score (nSPS) is 11.4. The lowest BCUT2D eigenvalue weighted by molar-refractivity contribution is -0.141. The molecule has 0 spiro atoms. The second kappa shape index (κ2) is 34.9. The molecule has 0 fully saturated rings. The lowest BCUT2D eigenvalue weighted by Gasteiger charge is -2.12. The zero-order chi connectivity index (χ0) is 83.6. The molecular weight excluding hydrogens is 1610 g/mol. The Bertz CT molecular complexity index is 6160. The Labute approximate surface area is 658 Å². The number of nitrogens with one attached hydrogen (secondary N) is 6. The highest BCUT2D eigenvalue weighted by atomic mass is 35.5. The maximum Gasteiger partial charge on any atom is 0.433 e. The van der Waals surface area contributed by atoms with Crippen molar-refractivity contribution in [1.29, 1.82) is 0 Å². The quantitative estimate of drug-likeness (QED) is 0.0329. The van der Waals surface area contributed by atoms with Crippen LogP contribution in [0, 0.1) is 23.3 Å². The molecule has 15 aromatic rings. The van der Waals surface area contributed by atoms with Gasteiger partial charge >= 0.3 is 18.5 Å². The number of nitrogens with zero attached hydrogens (tertiary/aromatic N) is 18. The Kier molecular flexibility index (Phi) is 24.5. The second-order valence-electron chi connectivity index (χ2n) is 24.1. The van der Waals surface area contributed by atoms with Gasteiger partial charge in [-0.3, -0.25) is 9.59 Å². The Morgan fingerprint density at radius 2 is 0.829 bits per heavy atom. The molecule has 29 nitrogen and oxygen atoms in total. The smallest absolute Gasteiger partial charge is 0.433 e. The van der Waals surface area contributed by atoms with E-state index in [1.807, 2.05) is 24.3 Å². The van der Waals surface area contributed by atoms with Gasteiger partial charge in [0.25, 0.3) is 0 Å². The number of carbonyl (C=O) groups is 2. The molecule has 0 saturated heterocycles. The molecule has 0 aliphatic carbocycles. The topological polar surface area (TPSA) is 371 Å². The lowest BCUT2D eigenvalue weighted by atomic mass is 10.2. The van der Waals surface area contributed by atoms with Crippen LogP contribution in [-0.4, -0.2) is 120 Å². The van der Waals surface area contributed by atoms with Crippen molar-refractivity contribution in [2.75, 3.05) is 46.5 Å². The van der Waals surface area contributed by atoms with Crippen molar-refractivity contribution in [3.8, 4) is 46.1 Å². The zero-order valence-corrected chi connectivity index (χ0v) is 61.5. The van der Waals surface area contributed by atoms with Crippen LogP contribution in [0.25, 0.3) is 68.0 Å². The third-order valence-corrected chi connectivity index (χ3v) is 16.2. The van der Waals surface area contributed by atoms with Gasteiger partial charge in [0.15, 0.2) is 86.2 Å². The Morgan fingerprint density at radius 1 is 0.453 bits per heavy atom. The van der Waals surface area contributed by atoms with Crippen LogP contribution < -0.4 is 41.8 Å². The number of halogens is 15. The average molecular weight is 1660 g/mol. The largest absolute Gasteiger partial charge is 0.497 e. The molecule has 0 aliphatic rings. The number of pyridine rings is 7. The van der Waals surface area contributed by atoms with Crippen LogP contribution in [-0.2, 0) is 41.2 Å². The van der Waals surface area contributed by atoms with Crippen molar-refractivity contribution in [1.82, 2.24) is 93.9 Å². The number of H-pyrrole nitrogens is 1. The lowest BCUT2D eigenvalue weighted by Crippen LogP contribution is -2.10. The van der Waals surface area contributed by atoms with Crippen molar-refractivity contribution in [3.05, 3.63) is 233 Å². The van der Waals surface area contributed by atoms with Gasteiger partial charge in [-0.2, -0.15) is 39.5 Å². The molecular formula is C73H52Cl2F13N25O4. The average Bonchev–Trinajstić information content (AvgIpc) is 1.68. The summed E-state index contributed by atoms with van der Waals surface area (Å²) in [4.78, 5) is 89.8. The van der Waals surface area contributed by atoms with E-state index in [9.17, 15) is 66.7 Å². The molecule has 0 aliphatic heterocycles. The summed E-state index contributed by atoms with van der Waals surface area (Å²) in [5, 5.41) is 13.5. The van der Waals surface area contributed by atoms with Crippen molar-refractivity contribution in [2.45, 2.75) is 45.5 Å². The van der Waals surface area contributed by atoms with Gasteiger partial charge in [0, 0.05) is 38.1 Å². The molecule has 2 aromatic carbocycles. The summed E-state index contributed by atoms with van der Waals surface area (Å²) in [7, 11) is 3.12. The number of ether oxygens (including phenoxy) is 2. The molecule has 15 rings (SSSR count). The number of amides is 2. The summed E-state index contributed by atoms with van der Waals surface area (Å²) in [5.74, 6) is -2.38. The van der Waals surface area contributed by atoms with Gasteiger partial charge in [-0.1, -0.05) is 65.7 Å². The number of hydrogen-bond acceptors (Lipinski definition) is 24. The Hall–Kier alpha value is -14.5. The first-order chi connectivity index (χ1) is 55.7. The first-order valence-corrected chi connectivity index (χ1v) is 34.1. The fourth-order valence-corrected chi connectivity index (χ4v) is 10.8. The number of aromatic amines is 1. The Balaban J connectivity index is 0.000000154. The van der Waals surface area contributed by atoms with Crippen LogP contribution in [0.3, 0.4) is 0 Å². The highest BCUT2D eigenvalue weighted by Crippen LogP contribution is 2.37. The Morgan fingerprint density at radius 3 is 1.22 bits per heavy atom. The third kappa shape index (κ3) is 20.5. The molecule has 0 atom stereocenters. The number of benzene rings is 2. The van der Waals surface area contributed by atoms with Gasteiger partial charge in [0.2, 0.25) is 11.8 Å². The van der Waals surface area contributed by atoms with E-state index in [2.05, 4.69) is 111 Å². The van der Waals surface area contributed by atoms with E-state index in [0.717, 1.165) is 54.1 Å². The van der Waals surface area contributed by atoms with E-state index in [-0.39, 0.29) is 125 Å². The second-order valence-corrected chi connectivity index (χ2v) is 24.9. The van der Waals surface area contributed by atoms with E-state index in [1.165, 1.54) is 93.5 Å². The number of rotatable bonds is 17. The summed E-state index contributed by atoms with van der Waals surface area (Å²) in [6, 6.07) is 29.7. The van der Waals surface area contributed by atoms with Crippen LogP contribution in [0.2, 0.25) is 10.3 Å². The molecule has 13 heterocycles. The summed E-state index contributed by atoms with van der Waals surface area (Å²) < 4.78 is 188. The van der Waals surface area contributed by atoms with Crippen LogP contribution in [0.1, 0.15) is 42.1 Å². The number of fused-ring (bicyclic) bond motifs is 3. The number of carbonyl (C=O) groups excluding carboxylic acids is 2. The molecule has 13 aromatic heterocycles. The molecule has 0 radical (unpaired) electrons. The number of imidazole rings is 3. The molecule has 44 heteroatoms. The van der Waals surface area contributed by atoms with Gasteiger partial charge in [-0.15, -0.1) is 0 Å². The van der Waals surface area contributed by atoms with Crippen LogP contribution in [0.4, 0.5) is 109 Å². The number of aromatic nitrogens is 19. The van der Waals surface area contributed by atoms with Crippen LogP contribution in [0.5, 0.6) is 11.5 Å². The highest BCUT2D eigenvalue weighted by Gasteiger charge is 2.35. The van der Waals surface area contributed by atoms with Crippen molar-refractivity contribution < 1.29 is 76.1 Å². The molecule has 0 saturated carbocycles. The number of nitrogens with two attached hydrogens (primary N) is 1. The van der Waals surface area contributed by atoms with E-state index < -0.39 is 70.7 Å². The number of anilines is 9. The van der Waals surface area contributed by atoms with Crippen molar-refractivity contribution >= 4 is 120 Å². The van der Waals surface area contributed by atoms with Gasteiger partial charge in [0.05, 0.1) is 93.8 Å². The monoisotopic (exact) mass is 1660 g/mol. The maximum absolute atomic E-state index is 14.7. The van der Waals surface area contributed by atoms with Crippen molar-refractivity contribution in [2.24, 2.45) is 0 Å². The predicted molar refractivity (Wildman–Crippen MR) is 401 cm³/mol. The molecule has 0 bridgehead atoms. The zero-order valence-electron chi connectivity index (χ0n) is 60.0. The first-order valence-electron chi connectivity index (χ1n) is 33.3. The fraction of sp³-hybridized carbons (Fsp3) is 0.123. The SMILES string of the molecule is CC(=O)Nc1cc(Nc2nc(-c3cccc(C(F)(F)F)n3)nc3nc[nH]c23)c(F)cn1.COc1ccc(Cn2cnc3c(Nc4cc(Cl)ncc4F)nc(-c4cccc(C(F)(F)F)n4)nc32)cc1.COc1ccc(Cn2cnc3c(Nc4cc(NC(C)=O)ncc4F)nc(-c4cccc(C(F)(F)F)n4)nc32)cc1.Nc1cc(Cl)ncc1F. The summed E-state index contributed by atoms with van der Waals surface area (Å²) in [5.41, 5.74) is 4.39. The first kappa shape index (κ1) is 82.0. The molecule has 8 N–H and O–H groups in total. The number of alkyl halides is 9. The minimum Gasteiger partial charge on any atom is -0.497 e. The van der Waals surface area contributed by atoms with E-state index in [1.54, 1.807) is 47.6 Å². The highest BCUT2D eigenvalue weighted by molar-refractivity contribution is 6.30. The van der Waals surface area contributed by atoms with Gasteiger partial charge in [-0.05, 0) is 71.8 Å². The number of nitrogen functional groups attached to an aromatic ring is 1. The fourth-order valence-electron chi connectivity index (χ4n) is 10.5. The predicted octanol–water partition coefficient (Wildman–Crippen LogP) is 16.2. The number of hydrogen-bond donors (Lipinski definition) is 7. The molecule has 598 valence electrons. The van der Waals surface area contributed by atoms with E-state index in [4.69, 9.17) is 38.4 Å². The minimum absolute atomic E-state index is 0.00608. The van der Waals surface area contributed by atoms with Crippen LogP contribution in [0.15, 0.2) is 171 Å². The van der Waals surface area contributed by atoms with Gasteiger partial charge in [-0.25, -0.2) is 97.3 Å². The summed E-state index contributed by atoms with van der Waals surface area (Å²) in [6.45, 7) is 3.19. The number of methoxy groups -OCH3 is 2.